The molecular formula is C19H24BrN5O. The fourth-order valence-corrected chi connectivity index (χ4v) is 3.66. The van der Waals surface area contributed by atoms with Crippen molar-refractivity contribution in [2.24, 2.45) is 0 Å². The van der Waals surface area contributed by atoms with Crippen LogP contribution in [0.4, 0.5) is 5.69 Å². The van der Waals surface area contributed by atoms with Crippen LogP contribution in [0.2, 0.25) is 0 Å². The second-order valence-electron chi connectivity index (χ2n) is 6.99. The van der Waals surface area contributed by atoms with Crippen LogP contribution in [-0.4, -0.2) is 46.2 Å². The molecular weight excluding hydrogens is 394 g/mol. The highest BCUT2D eigenvalue weighted by Crippen LogP contribution is 2.27. The van der Waals surface area contributed by atoms with E-state index in [2.05, 4.69) is 81.1 Å². The summed E-state index contributed by atoms with van der Waals surface area (Å²) in [6.07, 6.45) is 2.08. The van der Waals surface area contributed by atoms with Gasteiger partial charge in [-0.05, 0) is 60.2 Å². The van der Waals surface area contributed by atoms with Crippen molar-refractivity contribution in [3.05, 3.63) is 46.3 Å². The Morgan fingerprint density at radius 3 is 2.77 bits per heavy atom. The fourth-order valence-electron chi connectivity index (χ4n) is 2.85. The number of nitrogens with zero attached hydrogens (tertiary/aromatic N) is 3. The van der Waals surface area contributed by atoms with E-state index >= 15 is 0 Å². The number of rotatable bonds is 6. The van der Waals surface area contributed by atoms with Crippen molar-refractivity contribution in [1.82, 2.24) is 19.7 Å². The Hall–Kier alpha value is -2.12. The molecule has 0 saturated carbocycles. The highest BCUT2D eigenvalue weighted by atomic mass is 79.9. The first-order chi connectivity index (χ1) is 12.4. The Balaban J connectivity index is 1.78. The van der Waals surface area contributed by atoms with Gasteiger partial charge in [-0.1, -0.05) is 13.8 Å². The number of amides is 1. The maximum absolute atomic E-state index is 12.6. The number of carbonyl (C=O) groups is 1. The van der Waals surface area contributed by atoms with Gasteiger partial charge in [-0.15, -0.1) is 0 Å². The lowest BCUT2D eigenvalue weighted by Crippen LogP contribution is -2.17. The summed E-state index contributed by atoms with van der Waals surface area (Å²) in [5.41, 5.74) is 3.21. The molecule has 0 bridgehead atoms. The van der Waals surface area contributed by atoms with E-state index in [1.54, 1.807) is 0 Å². The summed E-state index contributed by atoms with van der Waals surface area (Å²) >= 11 is 3.48. The smallest absolute Gasteiger partial charge is 0.277 e. The molecule has 0 aliphatic rings. The average Bonchev–Trinajstić information content (AvgIpc) is 3.16. The number of carbonyl (C=O) groups excluding carboxylic acids is 1. The third kappa shape index (κ3) is 3.83. The molecule has 0 radical (unpaired) electrons. The first kappa shape index (κ1) is 18.7. The lowest BCUT2D eigenvalue weighted by atomic mass is 10.1. The number of hydrogen-bond donors (Lipinski definition) is 2. The van der Waals surface area contributed by atoms with Gasteiger partial charge in [0.1, 0.15) is 0 Å². The van der Waals surface area contributed by atoms with Crippen LogP contribution in [0.3, 0.4) is 0 Å². The number of halogens is 1. The molecule has 0 spiro atoms. The zero-order valence-electron chi connectivity index (χ0n) is 15.5. The molecule has 1 amide bonds. The number of likely N-dealkylation sites (N-methyl/N-ethyl adjacent to an activating group) is 1. The average molecular weight is 418 g/mol. The molecule has 0 fully saturated rings. The highest BCUT2D eigenvalue weighted by molar-refractivity contribution is 9.10. The molecule has 0 saturated heterocycles. The molecule has 2 N–H and O–H groups in total. The second-order valence-corrected chi connectivity index (χ2v) is 7.79. The summed E-state index contributed by atoms with van der Waals surface area (Å²) in [4.78, 5) is 14.7. The van der Waals surface area contributed by atoms with Crippen LogP contribution in [0.1, 0.15) is 35.9 Å². The number of anilines is 1. The third-order valence-corrected chi connectivity index (χ3v) is 5.14. The van der Waals surface area contributed by atoms with Gasteiger partial charge < -0.3 is 14.8 Å². The van der Waals surface area contributed by atoms with Gasteiger partial charge in [-0.25, -0.2) is 0 Å². The van der Waals surface area contributed by atoms with Crippen LogP contribution < -0.4 is 5.32 Å². The Bertz CT molecular complexity index is 925. The lowest BCUT2D eigenvalue weighted by molar-refractivity contribution is 0.102. The minimum atomic E-state index is -0.230. The lowest BCUT2D eigenvalue weighted by Gasteiger charge is -2.11. The number of H-pyrrole nitrogens is 1. The van der Waals surface area contributed by atoms with Gasteiger partial charge in [-0.3, -0.25) is 9.89 Å². The Morgan fingerprint density at radius 2 is 2.12 bits per heavy atom. The van der Waals surface area contributed by atoms with Crippen LogP contribution in [0.15, 0.2) is 34.9 Å². The second kappa shape index (κ2) is 7.63. The standard InChI is InChI=1S/C19H24BrN5O/c1-12(2)17-16(20)18(23-22-17)19(26)21-14-5-6-15-13(11-14)7-8-25(15)10-9-24(3)4/h5-8,11-12H,9-10H2,1-4H3,(H,21,26)(H,22,23). The van der Waals surface area contributed by atoms with Crippen molar-refractivity contribution in [3.8, 4) is 0 Å². The van der Waals surface area contributed by atoms with Crippen LogP contribution in [0.5, 0.6) is 0 Å². The Morgan fingerprint density at radius 1 is 1.35 bits per heavy atom. The number of nitrogens with one attached hydrogen (secondary N) is 2. The minimum absolute atomic E-state index is 0.230. The number of fused-ring (bicyclic) bond motifs is 1. The molecule has 0 unspecified atom stereocenters. The van der Waals surface area contributed by atoms with Gasteiger partial charge in [0.2, 0.25) is 0 Å². The summed E-state index contributed by atoms with van der Waals surface area (Å²) in [5.74, 6) is 0.0307. The summed E-state index contributed by atoms with van der Waals surface area (Å²) < 4.78 is 2.95. The molecule has 2 heterocycles. The molecule has 7 heteroatoms. The van der Waals surface area contributed by atoms with E-state index in [4.69, 9.17) is 0 Å². The van der Waals surface area contributed by atoms with Crippen LogP contribution in [0.25, 0.3) is 10.9 Å². The van der Waals surface area contributed by atoms with Crippen LogP contribution in [-0.2, 0) is 6.54 Å². The van der Waals surface area contributed by atoms with Crippen molar-refractivity contribution in [3.63, 3.8) is 0 Å². The molecule has 2 aromatic heterocycles. The van der Waals surface area contributed by atoms with Gasteiger partial charge in [0.15, 0.2) is 5.69 Å². The molecule has 138 valence electrons. The van der Waals surface area contributed by atoms with E-state index in [0.29, 0.717) is 5.69 Å². The monoisotopic (exact) mass is 417 g/mol. The van der Waals surface area contributed by atoms with E-state index in [9.17, 15) is 4.79 Å². The molecule has 0 aliphatic carbocycles. The fraction of sp³-hybridized carbons (Fsp3) is 0.368. The first-order valence-corrected chi connectivity index (χ1v) is 9.45. The summed E-state index contributed by atoms with van der Waals surface area (Å²) in [6, 6.07) is 8.03. The van der Waals surface area contributed by atoms with Crippen molar-refractivity contribution < 1.29 is 4.79 Å². The zero-order valence-corrected chi connectivity index (χ0v) is 17.1. The number of aromatic amines is 1. The molecule has 0 atom stereocenters. The Kier molecular flexibility index (Phi) is 5.48. The molecule has 3 aromatic rings. The van der Waals surface area contributed by atoms with Crippen LogP contribution in [0, 0.1) is 0 Å². The summed E-state index contributed by atoms with van der Waals surface area (Å²) in [5, 5.41) is 11.1. The van der Waals surface area contributed by atoms with Crippen molar-refractivity contribution in [1.29, 1.82) is 0 Å². The van der Waals surface area contributed by atoms with E-state index in [0.717, 1.165) is 39.8 Å². The molecule has 1 aromatic carbocycles. The van der Waals surface area contributed by atoms with E-state index in [-0.39, 0.29) is 11.8 Å². The Labute approximate surface area is 161 Å². The highest BCUT2D eigenvalue weighted by Gasteiger charge is 2.19. The summed E-state index contributed by atoms with van der Waals surface area (Å²) in [6.45, 7) is 6.01. The molecule has 6 nitrogen and oxygen atoms in total. The van der Waals surface area contributed by atoms with E-state index in [1.165, 1.54) is 0 Å². The van der Waals surface area contributed by atoms with Crippen LogP contribution >= 0.6 is 15.9 Å². The quantitative estimate of drug-likeness (QED) is 0.635. The van der Waals surface area contributed by atoms with Gasteiger partial charge >= 0.3 is 0 Å². The maximum atomic E-state index is 12.6. The number of hydrogen-bond acceptors (Lipinski definition) is 3. The van der Waals surface area contributed by atoms with Gasteiger partial charge in [0, 0.05) is 35.9 Å². The summed E-state index contributed by atoms with van der Waals surface area (Å²) in [7, 11) is 4.13. The van der Waals surface area contributed by atoms with Gasteiger partial charge in [-0.2, -0.15) is 5.10 Å². The van der Waals surface area contributed by atoms with Gasteiger partial charge in [0.05, 0.1) is 10.2 Å². The molecule has 3 rings (SSSR count). The van der Waals surface area contributed by atoms with E-state index in [1.807, 2.05) is 18.2 Å². The first-order valence-electron chi connectivity index (χ1n) is 8.65. The van der Waals surface area contributed by atoms with Crippen molar-refractivity contribution >= 4 is 38.4 Å². The zero-order chi connectivity index (χ0) is 18.8. The topological polar surface area (TPSA) is 66.0 Å². The van der Waals surface area contributed by atoms with Gasteiger partial charge in [0.25, 0.3) is 5.91 Å². The predicted molar refractivity (Wildman–Crippen MR) is 109 cm³/mol. The minimum Gasteiger partial charge on any atom is -0.346 e. The molecule has 26 heavy (non-hydrogen) atoms. The number of aromatic nitrogens is 3. The number of benzene rings is 1. The third-order valence-electron chi connectivity index (χ3n) is 4.34. The molecule has 0 aliphatic heterocycles. The predicted octanol–water partition coefficient (Wildman–Crippen LogP) is 4.06. The van der Waals surface area contributed by atoms with E-state index < -0.39 is 0 Å². The maximum Gasteiger partial charge on any atom is 0.277 e. The normalized spacial score (nSPS) is 11.7. The van der Waals surface area contributed by atoms with Crippen molar-refractivity contribution in [2.75, 3.05) is 26.0 Å². The largest absolute Gasteiger partial charge is 0.346 e. The SMILES string of the molecule is CC(C)c1[nH]nc(C(=O)Nc2ccc3c(ccn3CCN(C)C)c2)c1Br. The van der Waals surface area contributed by atoms with Crippen molar-refractivity contribution in [2.45, 2.75) is 26.3 Å².